The van der Waals surface area contributed by atoms with Crippen LogP contribution < -0.4 is 10.1 Å². The second kappa shape index (κ2) is 5.95. The van der Waals surface area contributed by atoms with Crippen molar-refractivity contribution in [3.63, 3.8) is 0 Å². The molecule has 20 heavy (non-hydrogen) atoms. The number of hydrogen-bond acceptors (Lipinski definition) is 3. The molecule has 104 valence electrons. The molecule has 0 radical (unpaired) electrons. The third kappa shape index (κ3) is 2.77. The minimum absolute atomic E-state index is 0.152. The SMILES string of the molecule is CCNc1cncc(OC2CCCc3ccccc32)c1. The maximum Gasteiger partial charge on any atom is 0.140 e. The lowest BCUT2D eigenvalue weighted by Crippen LogP contribution is -2.15. The van der Waals surface area contributed by atoms with Crippen LogP contribution >= 0.6 is 0 Å². The molecule has 2 aromatic rings. The minimum Gasteiger partial charge on any atom is -0.484 e. The summed E-state index contributed by atoms with van der Waals surface area (Å²) in [6, 6.07) is 10.6. The first-order chi connectivity index (χ1) is 9.86. The van der Waals surface area contributed by atoms with Gasteiger partial charge in [-0.1, -0.05) is 24.3 Å². The first-order valence-corrected chi connectivity index (χ1v) is 7.30. The molecule has 0 spiro atoms. The Labute approximate surface area is 120 Å². The van der Waals surface area contributed by atoms with E-state index in [-0.39, 0.29) is 6.10 Å². The average Bonchev–Trinajstić information content (AvgIpc) is 2.48. The first-order valence-electron chi connectivity index (χ1n) is 7.30. The molecule has 1 aromatic heterocycles. The Kier molecular flexibility index (Phi) is 3.86. The molecule has 1 aromatic carbocycles. The summed E-state index contributed by atoms with van der Waals surface area (Å²) in [4.78, 5) is 4.24. The predicted molar refractivity (Wildman–Crippen MR) is 81.1 cm³/mol. The van der Waals surface area contributed by atoms with E-state index in [9.17, 15) is 0 Å². The highest BCUT2D eigenvalue weighted by molar-refractivity contribution is 5.45. The van der Waals surface area contributed by atoms with Gasteiger partial charge in [0, 0.05) is 12.6 Å². The summed E-state index contributed by atoms with van der Waals surface area (Å²) in [5.74, 6) is 0.838. The number of aryl methyl sites for hydroxylation is 1. The van der Waals surface area contributed by atoms with E-state index in [0.29, 0.717) is 0 Å². The number of aromatic nitrogens is 1. The van der Waals surface area contributed by atoms with Crippen molar-refractivity contribution < 1.29 is 4.74 Å². The largest absolute Gasteiger partial charge is 0.484 e. The molecule has 3 heteroatoms. The fourth-order valence-corrected chi connectivity index (χ4v) is 2.78. The van der Waals surface area contributed by atoms with Crippen molar-refractivity contribution >= 4 is 5.69 Å². The van der Waals surface area contributed by atoms with Gasteiger partial charge < -0.3 is 10.1 Å². The molecule has 1 aliphatic rings. The van der Waals surface area contributed by atoms with Gasteiger partial charge in [-0.2, -0.15) is 0 Å². The molecule has 1 heterocycles. The number of pyridine rings is 1. The first kappa shape index (κ1) is 13.0. The maximum absolute atomic E-state index is 6.17. The number of fused-ring (bicyclic) bond motifs is 1. The Morgan fingerprint density at radius 2 is 2.20 bits per heavy atom. The van der Waals surface area contributed by atoms with Crippen molar-refractivity contribution in [1.29, 1.82) is 0 Å². The zero-order valence-corrected chi connectivity index (χ0v) is 11.8. The molecule has 1 aliphatic carbocycles. The third-order valence-corrected chi connectivity index (χ3v) is 3.69. The van der Waals surface area contributed by atoms with Gasteiger partial charge in [-0.05, 0) is 37.3 Å². The number of hydrogen-bond donors (Lipinski definition) is 1. The van der Waals surface area contributed by atoms with Crippen LogP contribution in [0.5, 0.6) is 5.75 Å². The van der Waals surface area contributed by atoms with Gasteiger partial charge >= 0.3 is 0 Å². The molecular weight excluding hydrogens is 248 g/mol. The van der Waals surface area contributed by atoms with Gasteiger partial charge in [0.05, 0.1) is 18.1 Å². The number of nitrogens with zero attached hydrogens (tertiary/aromatic N) is 1. The molecule has 0 saturated carbocycles. The lowest BCUT2D eigenvalue weighted by molar-refractivity contribution is 0.183. The molecule has 3 nitrogen and oxygen atoms in total. The standard InChI is InChI=1S/C17H20N2O/c1-2-19-14-10-15(12-18-11-14)20-17-9-5-7-13-6-3-4-8-16(13)17/h3-4,6,8,10-12,17,19H,2,5,7,9H2,1H3. The Hall–Kier alpha value is -2.03. The quantitative estimate of drug-likeness (QED) is 0.911. The summed E-state index contributed by atoms with van der Waals surface area (Å²) in [6.45, 7) is 2.96. The van der Waals surface area contributed by atoms with Crippen molar-refractivity contribution in [1.82, 2.24) is 4.98 Å². The molecule has 0 saturated heterocycles. The molecule has 0 fully saturated rings. The van der Waals surface area contributed by atoms with Gasteiger partial charge in [0.15, 0.2) is 0 Å². The van der Waals surface area contributed by atoms with Crippen molar-refractivity contribution in [3.05, 3.63) is 53.9 Å². The number of rotatable bonds is 4. The molecule has 1 N–H and O–H groups in total. The van der Waals surface area contributed by atoms with Crippen LogP contribution in [0.4, 0.5) is 5.69 Å². The van der Waals surface area contributed by atoms with Gasteiger partial charge in [0.2, 0.25) is 0 Å². The molecule has 3 rings (SSSR count). The zero-order chi connectivity index (χ0) is 13.8. The van der Waals surface area contributed by atoms with E-state index in [1.807, 2.05) is 12.3 Å². The number of ether oxygens (including phenoxy) is 1. The molecule has 0 aliphatic heterocycles. The Bertz CT molecular complexity index is 583. The van der Waals surface area contributed by atoms with Crippen LogP contribution in [0.25, 0.3) is 0 Å². The summed E-state index contributed by atoms with van der Waals surface area (Å²) in [7, 11) is 0. The van der Waals surface area contributed by atoms with Gasteiger partial charge in [0.25, 0.3) is 0 Å². The second-order valence-electron chi connectivity index (χ2n) is 5.14. The fraction of sp³-hybridized carbons (Fsp3) is 0.353. The lowest BCUT2D eigenvalue weighted by Gasteiger charge is -2.26. The van der Waals surface area contributed by atoms with Crippen LogP contribution in [0, 0.1) is 0 Å². The summed E-state index contributed by atoms with van der Waals surface area (Å²) in [5.41, 5.74) is 3.75. The van der Waals surface area contributed by atoms with Gasteiger partial charge in [0.1, 0.15) is 11.9 Å². The number of anilines is 1. The van der Waals surface area contributed by atoms with E-state index in [2.05, 4.69) is 41.5 Å². The van der Waals surface area contributed by atoms with Gasteiger partial charge in [-0.25, -0.2) is 0 Å². The van der Waals surface area contributed by atoms with Crippen LogP contribution in [-0.2, 0) is 6.42 Å². The Balaban J connectivity index is 1.80. The highest BCUT2D eigenvalue weighted by Crippen LogP contribution is 2.33. The second-order valence-corrected chi connectivity index (χ2v) is 5.14. The Morgan fingerprint density at radius 1 is 1.30 bits per heavy atom. The summed E-state index contributed by atoms with van der Waals surface area (Å²) < 4.78 is 6.17. The zero-order valence-electron chi connectivity index (χ0n) is 11.8. The van der Waals surface area contributed by atoms with Crippen molar-refractivity contribution in [2.45, 2.75) is 32.3 Å². The smallest absolute Gasteiger partial charge is 0.140 e. The van der Waals surface area contributed by atoms with E-state index in [1.54, 1.807) is 6.20 Å². The summed E-state index contributed by atoms with van der Waals surface area (Å²) in [6.07, 6.45) is 7.18. The Morgan fingerprint density at radius 3 is 3.10 bits per heavy atom. The summed E-state index contributed by atoms with van der Waals surface area (Å²) >= 11 is 0. The molecule has 0 bridgehead atoms. The van der Waals surface area contributed by atoms with E-state index in [0.717, 1.165) is 30.8 Å². The van der Waals surface area contributed by atoms with Crippen LogP contribution in [-0.4, -0.2) is 11.5 Å². The predicted octanol–water partition coefficient (Wildman–Crippen LogP) is 3.97. The molecule has 0 amide bonds. The number of nitrogens with one attached hydrogen (secondary N) is 1. The normalized spacial score (nSPS) is 17.4. The number of benzene rings is 1. The van der Waals surface area contributed by atoms with Crippen molar-refractivity contribution in [2.75, 3.05) is 11.9 Å². The van der Waals surface area contributed by atoms with E-state index < -0.39 is 0 Å². The van der Waals surface area contributed by atoms with Crippen LogP contribution in [0.2, 0.25) is 0 Å². The van der Waals surface area contributed by atoms with Gasteiger partial charge in [-0.3, -0.25) is 4.98 Å². The third-order valence-electron chi connectivity index (χ3n) is 3.69. The van der Waals surface area contributed by atoms with E-state index in [4.69, 9.17) is 4.74 Å². The molecule has 1 unspecified atom stereocenters. The monoisotopic (exact) mass is 268 g/mol. The van der Waals surface area contributed by atoms with Crippen molar-refractivity contribution in [3.8, 4) is 5.75 Å². The highest BCUT2D eigenvalue weighted by Gasteiger charge is 2.21. The summed E-state index contributed by atoms with van der Waals surface area (Å²) in [5, 5.41) is 3.26. The highest BCUT2D eigenvalue weighted by atomic mass is 16.5. The molecular formula is C17H20N2O. The van der Waals surface area contributed by atoms with Crippen LogP contribution in [0.1, 0.15) is 37.0 Å². The lowest BCUT2D eigenvalue weighted by atomic mass is 9.89. The maximum atomic E-state index is 6.17. The van der Waals surface area contributed by atoms with Crippen LogP contribution in [0.15, 0.2) is 42.7 Å². The van der Waals surface area contributed by atoms with Crippen LogP contribution in [0.3, 0.4) is 0 Å². The topological polar surface area (TPSA) is 34.2 Å². The van der Waals surface area contributed by atoms with E-state index >= 15 is 0 Å². The van der Waals surface area contributed by atoms with Crippen molar-refractivity contribution in [2.24, 2.45) is 0 Å². The van der Waals surface area contributed by atoms with E-state index in [1.165, 1.54) is 17.5 Å². The molecule has 1 atom stereocenters. The minimum atomic E-state index is 0.152. The van der Waals surface area contributed by atoms with Gasteiger partial charge in [-0.15, -0.1) is 0 Å². The average molecular weight is 268 g/mol. The fourth-order valence-electron chi connectivity index (χ4n) is 2.78.